The SMILES string of the molecule is COC(=S)c1cccc(C)c1-c1ccc(C(C)C)cc1CO. The first kappa shape index (κ1) is 16.7. The number of rotatable bonds is 4. The summed E-state index contributed by atoms with van der Waals surface area (Å²) < 4.78 is 5.26. The fourth-order valence-corrected chi connectivity index (χ4v) is 2.82. The molecule has 0 bridgehead atoms. The molecule has 0 aliphatic heterocycles. The number of benzene rings is 2. The van der Waals surface area contributed by atoms with E-state index in [1.54, 1.807) is 7.11 Å². The van der Waals surface area contributed by atoms with Crippen molar-refractivity contribution in [2.75, 3.05) is 7.11 Å². The molecule has 2 nitrogen and oxygen atoms in total. The van der Waals surface area contributed by atoms with Crippen molar-refractivity contribution >= 4 is 17.3 Å². The van der Waals surface area contributed by atoms with Gasteiger partial charge in [-0.25, -0.2) is 0 Å². The van der Waals surface area contributed by atoms with E-state index in [4.69, 9.17) is 17.0 Å². The van der Waals surface area contributed by atoms with Crippen molar-refractivity contribution in [1.29, 1.82) is 0 Å². The monoisotopic (exact) mass is 314 g/mol. The van der Waals surface area contributed by atoms with Gasteiger partial charge < -0.3 is 9.84 Å². The molecule has 0 saturated heterocycles. The van der Waals surface area contributed by atoms with E-state index in [1.165, 1.54) is 5.56 Å². The van der Waals surface area contributed by atoms with Crippen molar-refractivity contribution < 1.29 is 9.84 Å². The van der Waals surface area contributed by atoms with Gasteiger partial charge in [-0.3, -0.25) is 0 Å². The van der Waals surface area contributed by atoms with Crippen LogP contribution in [0.5, 0.6) is 0 Å². The summed E-state index contributed by atoms with van der Waals surface area (Å²) in [5.41, 5.74) is 6.19. The molecule has 0 aromatic heterocycles. The van der Waals surface area contributed by atoms with Gasteiger partial charge in [0, 0.05) is 5.56 Å². The third-order valence-corrected chi connectivity index (χ3v) is 4.30. The Morgan fingerprint density at radius 3 is 2.55 bits per heavy atom. The number of thiocarbonyl (C=S) groups is 1. The molecule has 22 heavy (non-hydrogen) atoms. The molecule has 0 amide bonds. The number of hydrogen-bond acceptors (Lipinski definition) is 3. The number of aryl methyl sites for hydroxylation is 1. The van der Waals surface area contributed by atoms with Gasteiger partial charge in [-0.05, 0) is 58.9 Å². The van der Waals surface area contributed by atoms with Gasteiger partial charge in [0.15, 0.2) is 5.05 Å². The predicted molar refractivity (Wildman–Crippen MR) is 95.3 cm³/mol. The zero-order valence-corrected chi connectivity index (χ0v) is 14.3. The molecule has 3 heteroatoms. The average molecular weight is 314 g/mol. The van der Waals surface area contributed by atoms with E-state index in [-0.39, 0.29) is 6.61 Å². The first-order valence-electron chi connectivity index (χ1n) is 7.41. The fraction of sp³-hybridized carbons (Fsp3) is 0.316. The minimum atomic E-state index is 0.00338. The van der Waals surface area contributed by atoms with Gasteiger partial charge in [0.05, 0.1) is 13.7 Å². The number of hydrogen-bond donors (Lipinski definition) is 1. The number of aliphatic hydroxyl groups is 1. The Bertz CT molecular complexity index is 690. The van der Waals surface area contributed by atoms with Crippen molar-refractivity contribution in [3.05, 3.63) is 58.7 Å². The van der Waals surface area contributed by atoms with Gasteiger partial charge in [0.1, 0.15) is 0 Å². The van der Waals surface area contributed by atoms with Crippen molar-refractivity contribution in [2.24, 2.45) is 0 Å². The van der Waals surface area contributed by atoms with Crippen LogP contribution in [0.1, 0.15) is 42.0 Å². The van der Waals surface area contributed by atoms with E-state index in [2.05, 4.69) is 45.0 Å². The summed E-state index contributed by atoms with van der Waals surface area (Å²) in [5, 5.41) is 10.3. The van der Waals surface area contributed by atoms with Crippen LogP contribution in [-0.4, -0.2) is 17.3 Å². The van der Waals surface area contributed by atoms with Gasteiger partial charge in [0.2, 0.25) is 0 Å². The molecule has 1 N–H and O–H groups in total. The fourth-order valence-electron chi connectivity index (χ4n) is 2.65. The summed E-state index contributed by atoms with van der Waals surface area (Å²) >= 11 is 5.33. The molecule has 0 radical (unpaired) electrons. The second-order valence-corrected chi connectivity index (χ2v) is 6.09. The minimum absolute atomic E-state index is 0.00338. The molecule has 0 saturated carbocycles. The number of ether oxygens (including phenoxy) is 1. The highest BCUT2D eigenvalue weighted by atomic mass is 32.1. The standard InChI is InChI=1S/C19H22O2S/c1-12(2)14-8-9-16(15(10-14)11-20)18-13(3)6-5-7-17(18)19(22)21-4/h5-10,12,20H,11H2,1-4H3. The van der Waals surface area contributed by atoms with Crippen LogP contribution in [0.2, 0.25) is 0 Å². The topological polar surface area (TPSA) is 29.5 Å². The largest absolute Gasteiger partial charge is 0.486 e. The van der Waals surface area contributed by atoms with Crippen molar-refractivity contribution in [3.63, 3.8) is 0 Å². The molecule has 0 atom stereocenters. The Balaban J connectivity index is 2.69. The van der Waals surface area contributed by atoms with Crippen LogP contribution in [0.3, 0.4) is 0 Å². The first-order chi connectivity index (χ1) is 10.5. The Morgan fingerprint density at radius 1 is 1.23 bits per heavy atom. The zero-order chi connectivity index (χ0) is 16.3. The lowest BCUT2D eigenvalue weighted by atomic mass is 9.89. The summed E-state index contributed by atoms with van der Waals surface area (Å²) in [5.74, 6) is 0.427. The normalized spacial score (nSPS) is 10.8. The van der Waals surface area contributed by atoms with Gasteiger partial charge in [0.25, 0.3) is 0 Å². The Kier molecular flexibility index (Phi) is 5.33. The van der Waals surface area contributed by atoms with Crippen LogP contribution in [-0.2, 0) is 11.3 Å². The summed E-state index contributed by atoms with van der Waals surface area (Å²) in [6.45, 7) is 6.35. The molecular formula is C19H22O2S. The van der Waals surface area contributed by atoms with Gasteiger partial charge in [-0.15, -0.1) is 0 Å². The van der Waals surface area contributed by atoms with E-state index in [9.17, 15) is 5.11 Å². The number of aliphatic hydroxyl groups excluding tert-OH is 1. The van der Waals surface area contributed by atoms with E-state index < -0.39 is 0 Å². The van der Waals surface area contributed by atoms with Crippen LogP contribution in [0, 0.1) is 6.92 Å². The summed E-state index contributed by atoms with van der Waals surface area (Å²) in [7, 11) is 1.59. The molecule has 2 aromatic carbocycles. The second-order valence-electron chi connectivity index (χ2n) is 5.72. The van der Waals surface area contributed by atoms with Gasteiger partial charge in [-0.1, -0.05) is 44.2 Å². The van der Waals surface area contributed by atoms with Gasteiger partial charge >= 0.3 is 0 Å². The summed E-state index contributed by atoms with van der Waals surface area (Å²) in [6.07, 6.45) is 0. The highest BCUT2D eigenvalue weighted by Crippen LogP contribution is 2.33. The highest BCUT2D eigenvalue weighted by molar-refractivity contribution is 7.80. The van der Waals surface area contributed by atoms with E-state index in [0.717, 1.165) is 27.8 Å². The van der Waals surface area contributed by atoms with Gasteiger partial charge in [-0.2, -0.15) is 0 Å². The van der Waals surface area contributed by atoms with Crippen molar-refractivity contribution in [1.82, 2.24) is 0 Å². The lowest BCUT2D eigenvalue weighted by Crippen LogP contribution is -2.05. The third-order valence-electron chi connectivity index (χ3n) is 3.91. The minimum Gasteiger partial charge on any atom is -0.486 e. The molecular weight excluding hydrogens is 292 g/mol. The lowest BCUT2D eigenvalue weighted by molar-refractivity contribution is 0.282. The third kappa shape index (κ3) is 3.21. The molecule has 2 aromatic rings. The highest BCUT2D eigenvalue weighted by Gasteiger charge is 2.16. The first-order valence-corrected chi connectivity index (χ1v) is 7.82. The van der Waals surface area contributed by atoms with Crippen LogP contribution in [0.25, 0.3) is 11.1 Å². The molecule has 0 fully saturated rings. The molecule has 0 aliphatic rings. The molecule has 0 unspecified atom stereocenters. The molecule has 0 aliphatic carbocycles. The summed E-state index contributed by atoms with van der Waals surface area (Å²) in [6, 6.07) is 12.3. The molecule has 116 valence electrons. The Labute approximate surface area is 137 Å². The second kappa shape index (κ2) is 7.03. The maximum Gasteiger partial charge on any atom is 0.191 e. The van der Waals surface area contributed by atoms with Crippen LogP contribution >= 0.6 is 12.2 Å². The van der Waals surface area contributed by atoms with Crippen LogP contribution in [0.4, 0.5) is 0 Å². The zero-order valence-electron chi connectivity index (χ0n) is 13.5. The Hall–Kier alpha value is -1.71. The molecule has 0 heterocycles. The molecule has 0 spiro atoms. The smallest absolute Gasteiger partial charge is 0.191 e. The quantitative estimate of drug-likeness (QED) is 0.836. The van der Waals surface area contributed by atoms with Crippen LogP contribution < -0.4 is 0 Å². The maximum absolute atomic E-state index is 9.80. The average Bonchev–Trinajstić information content (AvgIpc) is 2.53. The Morgan fingerprint density at radius 2 is 1.95 bits per heavy atom. The van der Waals surface area contributed by atoms with E-state index >= 15 is 0 Å². The predicted octanol–water partition coefficient (Wildman–Crippen LogP) is 4.60. The van der Waals surface area contributed by atoms with Crippen LogP contribution in [0.15, 0.2) is 36.4 Å². The maximum atomic E-state index is 9.80. The van der Waals surface area contributed by atoms with Crippen molar-refractivity contribution in [3.8, 4) is 11.1 Å². The van der Waals surface area contributed by atoms with E-state index in [1.807, 2.05) is 12.1 Å². The lowest BCUT2D eigenvalue weighted by Gasteiger charge is -2.17. The molecule has 2 rings (SSSR count). The summed E-state index contributed by atoms with van der Waals surface area (Å²) in [4.78, 5) is 0. The van der Waals surface area contributed by atoms with Crippen molar-refractivity contribution in [2.45, 2.75) is 33.3 Å². The van der Waals surface area contributed by atoms with E-state index in [0.29, 0.717) is 11.0 Å². The number of methoxy groups -OCH3 is 1.